The van der Waals surface area contributed by atoms with Crippen molar-refractivity contribution in [3.63, 3.8) is 0 Å². The number of carbonyl (C=O) groups excluding carboxylic acids is 1. The first-order valence-electron chi connectivity index (χ1n) is 4.73. The molecule has 0 bridgehead atoms. The van der Waals surface area contributed by atoms with Crippen LogP contribution in [0.3, 0.4) is 0 Å². The predicted octanol–water partition coefficient (Wildman–Crippen LogP) is -0.312. The second-order valence-corrected chi connectivity index (χ2v) is 3.86. The normalized spacial score (nSPS) is 31.5. The van der Waals surface area contributed by atoms with Gasteiger partial charge in [0.05, 0.1) is 6.42 Å². The van der Waals surface area contributed by atoms with E-state index in [2.05, 4.69) is 11.2 Å². The van der Waals surface area contributed by atoms with E-state index in [1.165, 1.54) is 0 Å². The highest BCUT2D eigenvalue weighted by molar-refractivity contribution is 5.78. The molecule has 70 valence electrons. The predicted molar refractivity (Wildman–Crippen MR) is 49.9 cm³/mol. The number of fused-ring (bicyclic) bond motifs is 1. The molecule has 0 spiro atoms. The average Bonchev–Trinajstić information content (AvgIpc) is 2.61. The van der Waals surface area contributed by atoms with E-state index in [-0.39, 0.29) is 12.3 Å². The van der Waals surface area contributed by atoms with Gasteiger partial charge in [0.25, 0.3) is 0 Å². The van der Waals surface area contributed by atoms with Crippen molar-refractivity contribution >= 4 is 5.91 Å². The SMILES string of the molecule is C#CCC(=O)N1C[C@H]2CNC[C@H]2C1. The number of terminal acetylenes is 1. The van der Waals surface area contributed by atoms with Crippen LogP contribution >= 0.6 is 0 Å². The molecule has 3 nitrogen and oxygen atoms in total. The summed E-state index contributed by atoms with van der Waals surface area (Å²) in [6.07, 6.45) is 5.36. The molecule has 2 heterocycles. The van der Waals surface area contributed by atoms with Crippen molar-refractivity contribution in [1.29, 1.82) is 0 Å². The maximum Gasteiger partial charge on any atom is 0.234 e. The monoisotopic (exact) mass is 178 g/mol. The van der Waals surface area contributed by atoms with Crippen molar-refractivity contribution < 1.29 is 4.79 Å². The Morgan fingerprint density at radius 3 is 2.62 bits per heavy atom. The Morgan fingerprint density at radius 2 is 2.08 bits per heavy atom. The maximum absolute atomic E-state index is 11.4. The lowest BCUT2D eigenvalue weighted by Crippen LogP contribution is -2.31. The Hall–Kier alpha value is -1.01. The molecule has 0 radical (unpaired) electrons. The zero-order valence-electron chi connectivity index (χ0n) is 7.62. The molecule has 3 heteroatoms. The minimum absolute atomic E-state index is 0.122. The van der Waals surface area contributed by atoms with Gasteiger partial charge in [-0.3, -0.25) is 4.79 Å². The molecule has 13 heavy (non-hydrogen) atoms. The summed E-state index contributed by atoms with van der Waals surface area (Å²) in [6, 6.07) is 0. The van der Waals surface area contributed by atoms with Crippen LogP contribution in [0.1, 0.15) is 6.42 Å². The molecular formula is C10H14N2O. The van der Waals surface area contributed by atoms with Gasteiger partial charge in [-0.05, 0) is 11.8 Å². The number of hydrogen-bond acceptors (Lipinski definition) is 2. The van der Waals surface area contributed by atoms with Crippen LogP contribution < -0.4 is 5.32 Å². The summed E-state index contributed by atoms with van der Waals surface area (Å²) in [4.78, 5) is 13.4. The average molecular weight is 178 g/mol. The van der Waals surface area contributed by atoms with E-state index in [1.807, 2.05) is 4.90 Å². The van der Waals surface area contributed by atoms with Crippen molar-refractivity contribution in [2.45, 2.75) is 6.42 Å². The number of rotatable bonds is 1. The Bertz CT molecular complexity index is 244. The number of hydrogen-bond donors (Lipinski definition) is 1. The largest absolute Gasteiger partial charge is 0.341 e. The molecule has 1 N–H and O–H groups in total. The molecule has 2 aliphatic heterocycles. The van der Waals surface area contributed by atoms with E-state index in [0.29, 0.717) is 11.8 Å². The Balaban J connectivity index is 1.92. The molecule has 0 aromatic rings. The fourth-order valence-corrected chi connectivity index (χ4v) is 2.26. The highest BCUT2D eigenvalue weighted by Crippen LogP contribution is 2.26. The first-order chi connectivity index (χ1) is 6.31. The summed E-state index contributed by atoms with van der Waals surface area (Å²) < 4.78 is 0. The molecule has 0 saturated carbocycles. The maximum atomic E-state index is 11.4. The summed E-state index contributed by atoms with van der Waals surface area (Å²) in [5.41, 5.74) is 0. The summed E-state index contributed by atoms with van der Waals surface area (Å²) >= 11 is 0. The van der Waals surface area contributed by atoms with Crippen LogP contribution in [0.4, 0.5) is 0 Å². The topological polar surface area (TPSA) is 32.3 Å². The van der Waals surface area contributed by atoms with Crippen LogP contribution in [0.5, 0.6) is 0 Å². The van der Waals surface area contributed by atoms with E-state index in [9.17, 15) is 4.79 Å². The van der Waals surface area contributed by atoms with Gasteiger partial charge in [0.15, 0.2) is 0 Å². The van der Waals surface area contributed by atoms with Crippen LogP contribution in [0.2, 0.25) is 0 Å². The number of nitrogens with one attached hydrogen (secondary N) is 1. The van der Waals surface area contributed by atoms with Gasteiger partial charge in [0.2, 0.25) is 5.91 Å². The van der Waals surface area contributed by atoms with Gasteiger partial charge >= 0.3 is 0 Å². The molecule has 0 aliphatic carbocycles. The van der Waals surface area contributed by atoms with E-state index in [0.717, 1.165) is 26.2 Å². The zero-order chi connectivity index (χ0) is 9.26. The molecule has 2 atom stereocenters. The smallest absolute Gasteiger partial charge is 0.234 e. The van der Waals surface area contributed by atoms with Gasteiger partial charge in [0, 0.05) is 26.2 Å². The minimum Gasteiger partial charge on any atom is -0.341 e. The lowest BCUT2D eigenvalue weighted by Gasteiger charge is -2.15. The van der Waals surface area contributed by atoms with Gasteiger partial charge in [0.1, 0.15) is 0 Å². The summed E-state index contributed by atoms with van der Waals surface area (Å²) in [7, 11) is 0. The van der Waals surface area contributed by atoms with E-state index in [4.69, 9.17) is 6.42 Å². The highest BCUT2D eigenvalue weighted by atomic mass is 16.2. The Morgan fingerprint density at radius 1 is 1.46 bits per heavy atom. The molecule has 2 rings (SSSR count). The number of carbonyl (C=O) groups is 1. The van der Waals surface area contributed by atoms with Crippen LogP contribution in [0.15, 0.2) is 0 Å². The van der Waals surface area contributed by atoms with Crippen molar-refractivity contribution in [2.75, 3.05) is 26.2 Å². The fraction of sp³-hybridized carbons (Fsp3) is 0.700. The first-order valence-corrected chi connectivity index (χ1v) is 4.73. The van der Waals surface area contributed by atoms with E-state index >= 15 is 0 Å². The molecule has 2 saturated heterocycles. The standard InChI is InChI=1S/C10H14N2O/c1-2-3-10(13)12-6-8-4-11-5-9(8)7-12/h1,8-9,11H,3-7H2/t8-,9+. The second kappa shape index (κ2) is 3.39. The van der Waals surface area contributed by atoms with Gasteiger partial charge in [-0.25, -0.2) is 0 Å². The number of nitrogens with zero attached hydrogens (tertiary/aromatic N) is 1. The lowest BCUT2D eigenvalue weighted by atomic mass is 10.0. The summed E-state index contributed by atoms with van der Waals surface area (Å²) in [5, 5.41) is 3.34. The van der Waals surface area contributed by atoms with Crippen molar-refractivity contribution in [3.8, 4) is 12.3 Å². The molecule has 0 unspecified atom stereocenters. The summed E-state index contributed by atoms with van der Waals surface area (Å²) in [5.74, 6) is 3.86. The molecule has 0 aromatic heterocycles. The van der Waals surface area contributed by atoms with Gasteiger partial charge < -0.3 is 10.2 Å². The van der Waals surface area contributed by atoms with Crippen molar-refractivity contribution in [2.24, 2.45) is 11.8 Å². The Labute approximate surface area is 78.5 Å². The lowest BCUT2D eigenvalue weighted by molar-refractivity contribution is -0.129. The van der Waals surface area contributed by atoms with Gasteiger partial charge in [-0.15, -0.1) is 6.42 Å². The van der Waals surface area contributed by atoms with Crippen LogP contribution in [0, 0.1) is 24.2 Å². The Kier molecular flexibility index (Phi) is 2.24. The van der Waals surface area contributed by atoms with Crippen LogP contribution in [-0.2, 0) is 4.79 Å². The third-order valence-corrected chi connectivity index (χ3v) is 3.00. The van der Waals surface area contributed by atoms with Crippen LogP contribution in [-0.4, -0.2) is 37.0 Å². The first kappa shape index (κ1) is 8.58. The molecular weight excluding hydrogens is 164 g/mol. The second-order valence-electron chi connectivity index (χ2n) is 3.86. The third-order valence-electron chi connectivity index (χ3n) is 3.00. The highest BCUT2D eigenvalue weighted by Gasteiger charge is 2.37. The van der Waals surface area contributed by atoms with Crippen molar-refractivity contribution in [1.82, 2.24) is 10.2 Å². The molecule has 0 aromatic carbocycles. The summed E-state index contributed by atoms with van der Waals surface area (Å²) in [6.45, 7) is 3.92. The van der Waals surface area contributed by atoms with Crippen molar-refractivity contribution in [3.05, 3.63) is 0 Å². The minimum atomic E-state index is 0.122. The number of likely N-dealkylation sites (tertiary alicyclic amines) is 1. The van der Waals surface area contributed by atoms with Crippen LogP contribution in [0.25, 0.3) is 0 Å². The van der Waals surface area contributed by atoms with E-state index in [1.54, 1.807) is 0 Å². The zero-order valence-corrected chi connectivity index (χ0v) is 7.62. The third kappa shape index (κ3) is 1.54. The van der Waals surface area contributed by atoms with Gasteiger partial charge in [-0.1, -0.05) is 5.92 Å². The quantitative estimate of drug-likeness (QED) is 0.558. The van der Waals surface area contributed by atoms with E-state index < -0.39 is 0 Å². The molecule has 2 aliphatic rings. The molecule has 1 amide bonds. The van der Waals surface area contributed by atoms with Gasteiger partial charge in [-0.2, -0.15) is 0 Å². The molecule has 2 fully saturated rings. The number of amides is 1. The fourth-order valence-electron chi connectivity index (χ4n) is 2.26.